The molecule has 0 amide bonds. The Bertz CT molecular complexity index is 549. The number of nitrogens with one attached hydrogen (secondary N) is 1. The maximum atomic E-state index is 13.0. The molecular formula is C14H17BrFN3. The molecule has 1 N–H and O–H groups in total. The van der Waals surface area contributed by atoms with Crippen LogP contribution in [0.5, 0.6) is 0 Å². The molecule has 1 atom stereocenters. The molecule has 0 spiro atoms. The number of benzene rings is 1. The Morgan fingerprint density at radius 3 is 2.89 bits per heavy atom. The average molecular weight is 326 g/mol. The molecule has 19 heavy (non-hydrogen) atoms. The molecule has 5 heteroatoms. The summed E-state index contributed by atoms with van der Waals surface area (Å²) in [5, 5.41) is 7.61. The number of rotatable bonds is 5. The minimum absolute atomic E-state index is 0.238. The zero-order valence-corrected chi connectivity index (χ0v) is 12.6. The SMILES string of the molecule is CCC(NC)c1cnn(Cc2ccc(F)cc2Br)c1. The zero-order chi connectivity index (χ0) is 13.8. The van der Waals surface area contributed by atoms with Gasteiger partial charge < -0.3 is 5.32 Å². The molecule has 0 aliphatic carbocycles. The van der Waals surface area contributed by atoms with E-state index < -0.39 is 0 Å². The van der Waals surface area contributed by atoms with Crippen LogP contribution in [0.4, 0.5) is 4.39 Å². The molecule has 0 fully saturated rings. The molecule has 0 saturated carbocycles. The Morgan fingerprint density at radius 2 is 2.26 bits per heavy atom. The fraction of sp³-hybridized carbons (Fsp3) is 0.357. The summed E-state index contributed by atoms with van der Waals surface area (Å²) in [5.41, 5.74) is 2.18. The summed E-state index contributed by atoms with van der Waals surface area (Å²) in [6, 6.07) is 5.04. The summed E-state index contributed by atoms with van der Waals surface area (Å²) < 4.78 is 15.7. The smallest absolute Gasteiger partial charge is 0.124 e. The molecule has 0 radical (unpaired) electrons. The fourth-order valence-electron chi connectivity index (χ4n) is 2.08. The van der Waals surface area contributed by atoms with E-state index in [0.29, 0.717) is 12.6 Å². The highest BCUT2D eigenvalue weighted by atomic mass is 79.9. The van der Waals surface area contributed by atoms with Crippen molar-refractivity contribution in [3.05, 3.63) is 52.0 Å². The normalized spacial score (nSPS) is 12.6. The molecule has 0 saturated heterocycles. The Balaban J connectivity index is 2.15. The minimum Gasteiger partial charge on any atom is -0.313 e. The lowest BCUT2D eigenvalue weighted by molar-refractivity contribution is 0.575. The van der Waals surface area contributed by atoms with E-state index in [1.54, 1.807) is 6.07 Å². The quantitative estimate of drug-likeness (QED) is 0.911. The Morgan fingerprint density at radius 1 is 1.47 bits per heavy atom. The molecule has 3 nitrogen and oxygen atoms in total. The van der Waals surface area contributed by atoms with E-state index in [0.717, 1.165) is 16.5 Å². The van der Waals surface area contributed by atoms with Gasteiger partial charge in [0.2, 0.25) is 0 Å². The molecule has 1 unspecified atom stereocenters. The first-order chi connectivity index (χ1) is 9.13. The molecule has 0 aliphatic rings. The predicted octanol–water partition coefficient (Wildman–Crippen LogP) is 3.50. The number of aromatic nitrogens is 2. The first-order valence-corrected chi connectivity index (χ1v) is 7.07. The Kier molecular flexibility index (Phi) is 4.71. The van der Waals surface area contributed by atoms with Gasteiger partial charge in [-0.2, -0.15) is 5.10 Å². The second kappa shape index (κ2) is 6.30. The number of nitrogens with zero attached hydrogens (tertiary/aromatic N) is 2. The van der Waals surface area contributed by atoms with E-state index in [1.807, 2.05) is 24.1 Å². The number of hydrogen-bond acceptors (Lipinski definition) is 2. The molecule has 102 valence electrons. The van der Waals surface area contributed by atoms with Crippen molar-refractivity contribution in [1.29, 1.82) is 0 Å². The van der Waals surface area contributed by atoms with Gasteiger partial charge in [-0.1, -0.05) is 28.9 Å². The summed E-state index contributed by atoms with van der Waals surface area (Å²) >= 11 is 3.37. The Hall–Kier alpha value is -1.20. The average Bonchev–Trinajstić information content (AvgIpc) is 2.83. The van der Waals surface area contributed by atoms with Gasteiger partial charge >= 0.3 is 0 Å². The van der Waals surface area contributed by atoms with E-state index in [-0.39, 0.29) is 5.82 Å². The van der Waals surface area contributed by atoms with Crippen molar-refractivity contribution in [3.8, 4) is 0 Å². The van der Waals surface area contributed by atoms with Gasteiger partial charge in [0, 0.05) is 22.3 Å². The van der Waals surface area contributed by atoms with E-state index >= 15 is 0 Å². The van der Waals surface area contributed by atoms with Crippen LogP contribution in [0.15, 0.2) is 35.1 Å². The number of hydrogen-bond donors (Lipinski definition) is 1. The predicted molar refractivity (Wildman–Crippen MR) is 77.5 cm³/mol. The van der Waals surface area contributed by atoms with Crippen molar-refractivity contribution >= 4 is 15.9 Å². The zero-order valence-electron chi connectivity index (χ0n) is 11.0. The van der Waals surface area contributed by atoms with Gasteiger partial charge in [-0.25, -0.2) is 4.39 Å². The van der Waals surface area contributed by atoms with Gasteiger partial charge in [0.1, 0.15) is 5.82 Å². The second-order valence-electron chi connectivity index (χ2n) is 4.46. The third-order valence-electron chi connectivity index (χ3n) is 3.16. The third-order valence-corrected chi connectivity index (χ3v) is 3.90. The summed E-state index contributed by atoms with van der Waals surface area (Å²) in [4.78, 5) is 0. The highest BCUT2D eigenvalue weighted by Gasteiger charge is 2.10. The van der Waals surface area contributed by atoms with Crippen molar-refractivity contribution in [1.82, 2.24) is 15.1 Å². The van der Waals surface area contributed by atoms with Gasteiger partial charge in [-0.3, -0.25) is 4.68 Å². The number of halogens is 2. The van der Waals surface area contributed by atoms with Crippen LogP contribution >= 0.6 is 15.9 Å². The van der Waals surface area contributed by atoms with Crippen LogP contribution in [0.2, 0.25) is 0 Å². The topological polar surface area (TPSA) is 29.9 Å². The monoisotopic (exact) mass is 325 g/mol. The van der Waals surface area contributed by atoms with Crippen molar-refractivity contribution in [3.63, 3.8) is 0 Å². The van der Waals surface area contributed by atoms with Crippen LogP contribution in [0.25, 0.3) is 0 Å². The van der Waals surface area contributed by atoms with Crippen LogP contribution in [-0.2, 0) is 6.54 Å². The van der Waals surface area contributed by atoms with Gasteiger partial charge in [0.25, 0.3) is 0 Å². The van der Waals surface area contributed by atoms with Crippen molar-refractivity contribution in [2.75, 3.05) is 7.05 Å². The standard InChI is InChI=1S/C14H17BrFN3/c1-3-14(17-2)11-7-18-19(9-11)8-10-4-5-12(16)6-13(10)15/h4-7,9,14,17H,3,8H2,1-2H3. The van der Waals surface area contributed by atoms with E-state index in [2.05, 4.69) is 33.3 Å². The van der Waals surface area contributed by atoms with Crippen LogP contribution in [0, 0.1) is 5.82 Å². The molecule has 1 aromatic carbocycles. The molecule has 2 rings (SSSR count). The molecule has 1 aromatic heterocycles. The lowest BCUT2D eigenvalue weighted by atomic mass is 10.1. The highest BCUT2D eigenvalue weighted by molar-refractivity contribution is 9.10. The third kappa shape index (κ3) is 3.42. The van der Waals surface area contributed by atoms with Gasteiger partial charge in [-0.05, 0) is 31.2 Å². The van der Waals surface area contributed by atoms with E-state index in [9.17, 15) is 4.39 Å². The van der Waals surface area contributed by atoms with Crippen molar-refractivity contribution < 1.29 is 4.39 Å². The van der Waals surface area contributed by atoms with Crippen LogP contribution in [0.3, 0.4) is 0 Å². The summed E-state index contributed by atoms with van der Waals surface area (Å²) in [5.74, 6) is -0.238. The van der Waals surface area contributed by atoms with Crippen LogP contribution < -0.4 is 5.32 Å². The second-order valence-corrected chi connectivity index (χ2v) is 5.31. The van der Waals surface area contributed by atoms with E-state index in [1.165, 1.54) is 17.7 Å². The maximum absolute atomic E-state index is 13.0. The van der Waals surface area contributed by atoms with E-state index in [4.69, 9.17) is 0 Å². The molecule has 1 heterocycles. The highest BCUT2D eigenvalue weighted by Crippen LogP contribution is 2.20. The maximum Gasteiger partial charge on any atom is 0.124 e. The Labute approximate surface area is 121 Å². The van der Waals surface area contributed by atoms with Gasteiger partial charge in [-0.15, -0.1) is 0 Å². The first-order valence-electron chi connectivity index (χ1n) is 6.27. The first kappa shape index (κ1) is 14.2. The lowest BCUT2D eigenvalue weighted by Gasteiger charge is -2.10. The fourth-order valence-corrected chi connectivity index (χ4v) is 2.55. The van der Waals surface area contributed by atoms with Gasteiger partial charge in [0.15, 0.2) is 0 Å². The largest absolute Gasteiger partial charge is 0.313 e. The minimum atomic E-state index is -0.238. The summed E-state index contributed by atoms with van der Waals surface area (Å²) in [7, 11) is 1.95. The van der Waals surface area contributed by atoms with Crippen LogP contribution in [-0.4, -0.2) is 16.8 Å². The molecule has 0 aliphatic heterocycles. The molecular weight excluding hydrogens is 309 g/mol. The lowest BCUT2D eigenvalue weighted by Crippen LogP contribution is -2.14. The van der Waals surface area contributed by atoms with Crippen molar-refractivity contribution in [2.45, 2.75) is 25.9 Å². The van der Waals surface area contributed by atoms with Gasteiger partial charge in [0.05, 0.1) is 12.7 Å². The molecule has 0 bridgehead atoms. The summed E-state index contributed by atoms with van der Waals surface area (Å²) in [6.45, 7) is 2.76. The van der Waals surface area contributed by atoms with Crippen molar-refractivity contribution in [2.24, 2.45) is 0 Å². The molecule has 2 aromatic rings. The summed E-state index contributed by atoms with van der Waals surface area (Å²) in [6.07, 6.45) is 4.92. The van der Waals surface area contributed by atoms with Crippen LogP contribution in [0.1, 0.15) is 30.5 Å².